The standard InChI is InChI=1S/C36H46N2O4/c39-25-17-8-6-4-2-1-3-5-7-16-24-37-35(40)34(26-28-18-10-9-11-19-28)38-36(41)42-27-33-31-22-14-12-20-29(31)30-21-13-15-23-32(30)33/h9-15,18-23,33-34,39H,1-8,16-17,24-27H2,(H,37,40)(H,38,41). The van der Waals surface area contributed by atoms with Crippen molar-refractivity contribution in [2.75, 3.05) is 19.8 Å². The van der Waals surface area contributed by atoms with E-state index in [1.54, 1.807) is 0 Å². The summed E-state index contributed by atoms with van der Waals surface area (Å²) in [5.41, 5.74) is 5.65. The molecule has 0 aromatic heterocycles. The summed E-state index contributed by atoms with van der Waals surface area (Å²) in [5.74, 6) is -0.217. The Hall–Kier alpha value is -3.64. The van der Waals surface area contributed by atoms with E-state index < -0.39 is 12.1 Å². The zero-order chi connectivity index (χ0) is 29.4. The van der Waals surface area contributed by atoms with Crippen LogP contribution in [0.25, 0.3) is 11.1 Å². The van der Waals surface area contributed by atoms with Gasteiger partial charge in [-0.2, -0.15) is 0 Å². The maximum Gasteiger partial charge on any atom is 0.407 e. The van der Waals surface area contributed by atoms with Crippen molar-refractivity contribution in [3.05, 3.63) is 95.6 Å². The molecule has 6 nitrogen and oxygen atoms in total. The minimum Gasteiger partial charge on any atom is -0.449 e. The number of rotatable bonds is 18. The number of fused-ring (bicyclic) bond motifs is 3. The highest BCUT2D eigenvalue weighted by Crippen LogP contribution is 2.44. The average molecular weight is 571 g/mol. The van der Waals surface area contributed by atoms with Crippen LogP contribution in [0, 0.1) is 0 Å². The first kappa shape index (κ1) is 31.3. The maximum absolute atomic E-state index is 13.2. The van der Waals surface area contributed by atoms with Crippen LogP contribution >= 0.6 is 0 Å². The predicted molar refractivity (Wildman–Crippen MR) is 168 cm³/mol. The molecule has 1 unspecified atom stereocenters. The van der Waals surface area contributed by atoms with E-state index in [0.717, 1.165) is 48.8 Å². The predicted octanol–water partition coefficient (Wildman–Crippen LogP) is 7.15. The van der Waals surface area contributed by atoms with E-state index in [-0.39, 0.29) is 18.4 Å². The van der Waals surface area contributed by atoms with E-state index in [4.69, 9.17) is 9.84 Å². The molecule has 6 heteroatoms. The molecular weight excluding hydrogens is 524 g/mol. The molecular formula is C36H46N2O4. The third-order valence-electron chi connectivity index (χ3n) is 8.12. The van der Waals surface area contributed by atoms with Gasteiger partial charge in [-0.25, -0.2) is 4.79 Å². The Balaban J connectivity index is 1.22. The third-order valence-corrected chi connectivity index (χ3v) is 8.12. The Morgan fingerprint density at radius 2 is 1.21 bits per heavy atom. The van der Waals surface area contributed by atoms with E-state index >= 15 is 0 Å². The number of nitrogens with one attached hydrogen (secondary N) is 2. The molecule has 0 saturated carbocycles. The molecule has 0 radical (unpaired) electrons. The molecule has 0 fully saturated rings. The Morgan fingerprint density at radius 3 is 1.81 bits per heavy atom. The van der Waals surface area contributed by atoms with Crippen molar-refractivity contribution in [3.63, 3.8) is 0 Å². The lowest BCUT2D eigenvalue weighted by Crippen LogP contribution is -2.48. The van der Waals surface area contributed by atoms with Gasteiger partial charge in [-0.05, 0) is 40.7 Å². The number of unbranched alkanes of at least 4 members (excludes halogenated alkanes) is 9. The van der Waals surface area contributed by atoms with Crippen LogP contribution in [0.3, 0.4) is 0 Å². The fraction of sp³-hybridized carbons (Fsp3) is 0.444. The number of ether oxygens (including phenoxy) is 1. The normalized spacial score (nSPS) is 12.8. The van der Waals surface area contributed by atoms with Crippen LogP contribution in [0.2, 0.25) is 0 Å². The summed E-state index contributed by atoms with van der Waals surface area (Å²) < 4.78 is 5.73. The molecule has 3 aromatic carbocycles. The number of alkyl carbamates (subject to hydrolysis) is 1. The topological polar surface area (TPSA) is 87.7 Å². The van der Waals surface area contributed by atoms with Gasteiger partial charge in [0.1, 0.15) is 12.6 Å². The molecule has 3 aromatic rings. The minimum absolute atomic E-state index is 0.0317. The summed E-state index contributed by atoms with van der Waals surface area (Å²) >= 11 is 0. The second kappa shape index (κ2) is 17.3. The first-order valence-electron chi connectivity index (χ1n) is 15.7. The van der Waals surface area contributed by atoms with Crippen LogP contribution in [0.1, 0.15) is 86.8 Å². The van der Waals surface area contributed by atoms with Crippen molar-refractivity contribution in [1.29, 1.82) is 0 Å². The van der Waals surface area contributed by atoms with Crippen molar-refractivity contribution in [3.8, 4) is 11.1 Å². The van der Waals surface area contributed by atoms with E-state index in [1.807, 2.05) is 54.6 Å². The van der Waals surface area contributed by atoms with E-state index in [9.17, 15) is 9.59 Å². The van der Waals surface area contributed by atoms with Crippen molar-refractivity contribution in [2.45, 2.75) is 82.6 Å². The number of aliphatic hydroxyl groups is 1. The van der Waals surface area contributed by atoms with Gasteiger partial charge in [-0.1, -0.05) is 130 Å². The fourth-order valence-corrected chi connectivity index (χ4v) is 5.83. The molecule has 0 aliphatic heterocycles. The van der Waals surface area contributed by atoms with Crippen molar-refractivity contribution >= 4 is 12.0 Å². The van der Waals surface area contributed by atoms with E-state index in [2.05, 4.69) is 34.9 Å². The first-order valence-corrected chi connectivity index (χ1v) is 15.7. The summed E-state index contributed by atoms with van der Waals surface area (Å²) in [6, 6.07) is 25.5. The highest BCUT2D eigenvalue weighted by Gasteiger charge is 2.29. The molecule has 1 atom stereocenters. The Kier molecular flexibility index (Phi) is 12.9. The van der Waals surface area contributed by atoms with E-state index in [0.29, 0.717) is 19.6 Å². The number of aliphatic hydroxyl groups excluding tert-OH is 1. The first-order chi connectivity index (χ1) is 20.7. The smallest absolute Gasteiger partial charge is 0.407 e. The molecule has 1 aliphatic rings. The highest BCUT2D eigenvalue weighted by atomic mass is 16.5. The number of benzene rings is 3. The lowest BCUT2D eigenvalue weighted by Gasteiger charge is -2.20. The summed E-state index contributed by atoms with van der Waals surface area (Å²) in [4.78, 5) is 26.1. The second-order valence-electron chi connectivity index (χ2n) is 11.3. The second-order valence-corrected chi connectivity index (χ2v) is 11.3. The average Bonchev–Trinajstić information content (AvgIpc) is 3.34. The summed E-state index contributed by atoms with van der Waals surface area (Å²) in [5, 5.41) is 14.7. The van der Waals surface area contributed by atoms with Gasteiger partial charge in [-0.3, -0.25) is 4.79 Å². The molecule has 4 rings (SSSR count). The summed E-state index contributed by atoms with van der Waals surface area (Å²) in [6.45, 7) is 1.11. The highest BCUT2D eigenvalue weighted by molar-refractivity contribution is 5.86. The Morgan fingerprint density at radius 1 is 0.690 bits per heavy atom. The fourth-order valence-electron chi connectivity index (χ4n) is 5.83. The van der Waals surface area contributed by atoms with Gasteiger partial charge < -0.3 is 20.5 Å². The molecule has 3 N–H and O–H groups in total. The Labute approximate surface area is 250 Å². The van der Waals surface area contributed by atoms with Gasteiger partial charge in [0.2, 0.25) is 5.91 Å². The number of hydrogen-bond acceptors (Lipinski definition) is 4. The summed E-state index contributed by atoms with van der Waals surface area (Å²) in [6.07, 6.45) is 11.2. The molecule has 0 heterocycles. The number of amides is 2. The van der Waals surface area contributed by atoms with Crippen LogP contribution < -0.4 is 10.6 Å². The number of hydrogen-bond donors (Lipinski definition) is 3. The van der Waals surface area contributed by atoms with Gasteiger partial charge in [0.05, 0.1) is 0 Å². The van der Waals surface area contributed by atoms with Crippen LogP contribution in [0.5, 0.6) is 0 Å². The lowest BCUT2D eigenvalue weighted by atomic mass is 9.98. The SMILES string of the molecule is O=C(NC(Cc1ccccc1)C(=O)NCCCCCCCCCCCCO)OCC1c2ccccc2-c2ccccc21. The summed E-state index contributed by atoms with van der Waals surface area (Å²) in [7, 11) is 0. The van der Waals surface area contributed by atoms with Crippen LogP contribution in [0.4, 0.5) is 4.79 Å². The molecule has 0 spiro atoms. The van der Waals surface area contributed by atoms with Gasteiger partial charge >= 0.3 is 6.09 Å². The van der Waals surface area contributed by atoms with Crippen molar-refractivity contribution in [2.24, 2.45) is 0 Å². The van der Waals surface area contributed by atoms with Gasteiger partial charge in [0.25, 0.3) is 0 Å². The van der Waals surface area contributed by atoms with Crippen LogP contribution in [-0.4, -0.2) is 42.9 Å². The Bertz CT molecular complexity index is 1200. The van der Waals surface area contributed by atoms with Gasteiger partial charge in [-0.15, -0.1) is 0 Å². The van der Waals surface area contributed by atoms with Crippen molar-refractivity contribution in [1.82, 2.24) is 10.6 Å². The number of carbonyl (C=O) groups is 2. The minimum atomic E-state index is -0.714. The molecule has 0 bridgehead atoms. The monoisotopic (exact) mass is 570 g/mol. The zero-order valence-corrected chi connectivity index (χ0v) is 24.7. The molecule has 0 saturated heterocycles. The van der Waals surface area contributed by atoms with Gasteiger partial charge in [0.15, 0.2) is 0 Å². The van der Waals surface area contributed by atoms with Gasteiger partial charge in [0, 0.05) is 25.5 Å². The third kappa shape index (κ3) is 9.45. The largest absolute Gasteiger partial charge is 0.449 e. The molecule has 1 aliphatic carbocycles. The number of carbonyl (C=O) groups excluding carboxylic acids is 2. The molecule has 224 valence electrons. The zero-order valence-electron chi connectivity index (χ0n) is 24.7. The van der Waals surface area contributed by atoms with E-state index in [1.165, 1.54) is 43.2 Å². The van der Waals surface area contributed by atoms with Crippen LogP contribution in [-0.2, 0) is 16.0 Å². The molecule has 42 heavy (non-hydrogen) atoms. The quantitative estimate of drug-likeness (QED) is 0.142. The maximum atomic E-state index is 13.2. The molecule has 2 amide bonds. The lowest BCUT2D eigenvalue weighted by molar-refractivity contribution is -0.123. The van der Waals surface area contributed by atoms with Crippen molar-refractivity contribution < 1.29 is 19.4 Å². The van der Waals surface area contributed by atoms with Crippen LogP contribution in [0.15, 0.2) is 78.9 Å².